The van der Waals surface area contributed by atoms with Gasteiger partial charge in [-0.15, -0.1) is 0 Å². The Kier molecular flexibility index (Phi) is 10.7. The zero-order valence-electron chi connectivity index (χ0n) is 14.6. The van der Waals surface area contributed by atoms with Gasteiger partial charge in [0.25, 0.3) is 0 Å². The fourth-order valence-corrected chi connectivity index (χ4v) is 2.96. The number of rotatable bonds is 12. The fraction of sp³-hybridized carbons (Fsp3) is 1.00. The topological polar surface area (TPSA) is 3.24 Å². The molecule has 1 nitrogen and oxygen atoms in total. The Bertz CT molecular complexity index is 200. The monoisotopic (exact) mass is 269 g/mol. The van der Waals surface area contributed by atoms with E-state index in [1.165, 1.54) is 64.3 Å². The predicted molar refractivity (Wildman–Crippen MR) is 88.8 cm³/mol. The second-order valence-electron chi connectivity index (χ2n) is 7.04. The van der Waals surface area contributed by atoms with Crippen molar-refractivity contribution in [1.29, 1.82) is 0 Å². The lowest BCUT2D eigenvalue weighted by molar-refractivity contribution is 0.0964. The maximum atomic E-state index is 2.64. The van der Waals surface area contributed by atoms with Crippen molar-refractivity contribution >= 4 is 0 Å². The minimum Gasteiger partial charge on any atom is -0.301 e. The Hall–Kier alpha value is -0.0400. The van der Waals surface area contributed by atoms with E-state index in [0.29, 0.717) is 5.54 Å². The van der Waals surface area contributed by atoms with Crippen LogP contribution in [-0.4, -0.2) is 24.0 Å². The molecule has 0 spiro atoms. The average molecular weight is 270 g/mol. The van der Waals surface area contributed by atoms with E-state index in [0.717, 1.165) is 5.92 Å². The van der Waals surface area contributed by atoms with E-state index in [2.05, 4.69) is 46.6 Å². The summed E-state index contributed by atoms with van der Waals surface area (Å²) in [4.78, 5) is 2.64. The van der Waals surface area contributed by atoms with Gasteiger partial charge in [-0.05, 0) is 32.7 Å². The summed E-state index contributed by atoms with van der Waals surface area (Å²) in [6.45, 7) is 13.0. The first-order chi connectivity index (χ1) is 8.96. The van der Waals surface area contributed by atoms with Crippen LogP contribution in [0.5, 0.6) is 0 Å². The van der Waals surface area contributed by atoms with Crippen molar-refractivity contribution in [1.82, 2.24) is 4.90 Å². The molecule has 0 fully saturated rings. The lowest BCUT2D eigenvalue weighted by Gasteiger charge is -2.40. The minimum absolute atomic E-state index is 0.424. The molecule has 19 heavy (non-hydrogen) atoms. The summed E-state index contributed by atoms with van der Waals surface area (Å²) in [6.07, 6.45) is 12.4. The average Bonchev–Trinajstić information content (AvgIpc) is 2.34. The summed E-state index contributed by atoms with van der Waals surface area (Å²) in [5, 5.41) is 0. The number of unbranched alkanes of at least 4 members (excludes halogenated alkanes) is 5. The highest BCUT2D eigenvalue weighted by Crippen LogP contribution is 2.28. The van der Waals surface area contributed by atoms with Crippen molar-refractivity contribution in [2.24, 2.45) is 5.92 Å². The van der Waals surface area contributed by atoms with Crippen molar-refractivity contribution in [3.8, 4) is 0 Å². The van der Waals surface area contributed by atoms with Crippen LogP contribution in [0.3, 0.4) is 0 Å². The summed E-state index contributed by atoms with van der Waals surface area (Å²) in [6, 6.07) is 0. The molecule has 0 bridgehead atoms. The molecular weight excluding hydrogens is 230 g/mol. The summed E-state index contributed by atoms with van der Waals surface area (Å²) < 4.78 is 0. The van der Waals surface area contributed by atoms with E-state index >= 15 is 0 Å². The Labute approximate surface area is 123 Å². The van der Waals surface area contributed by atoms with Gasteiger partial charge in [-0.25, -0.2) is 0 Å². The van der Waals surface area contributed by atoms with Gasteiger partial charge in [0.05, 0.1) is 0 Å². The molecule has 0 aromatic carbocycles. The molecule has 0 heterocycles. The van der Waals surface area contributed by atoms with Crippen LogP contribution >= 0.6 is 0 Å². The Balaban J connectivity index is 4.33. The van der Waals surface area contributed by atoms with Crippen molar-refractivity contribution in [3.63, 3.8) is 0 Å². The van der Waals surface area contributed by atoms with Gasteiger partial charge in [0.2, 0.25) is 0 Å². The minimum atomic E-state index is 0.424. The predicted octanol–water partition coefficient (Wildman–Crippen LogP) is 5.88. The third-order valence-corrected chi connectivity index (χ3v) is 4.45. The smallest absolute Gasteiger partial charge is 0.0178 e. The molecule has 0 aliphatic rings. The first-order valence-corrected chi connectivity index (χ1v) is 8.67. The van der Waals surface area contributed by atoms with Gasteiger partial charge >= 0.3 is 0 Å². The standard InChI is InChI=1S/C18H39N/c1-7-9-11-13-15-18(5,14-12-10-8-2)19(6)16-17(3)4/h17H,7-16H2,1-6H3. The van der Waals surface area contributed by atoms with Crippen LogP contribution < -0.4 is 0 Å². The van der Waals surface area contributed by atoms with E-state index in [4.69, 9.17) is 0 Å². The van der Waals surface area contributed by atoms with Crippen LogP contribution in [0, 0.1) is 5.92 Å². The van der Waals surface area contributed by atoms with Gasteiger partial charge in [0, 0.05) is 12.1 Å². The van der Waals surface area contributed by atoms with Gasteiger partial charge < -0.3 is 4.90 Å². The molecule has 0 amide bonds. The summed E-state index contributed by atoms with van der Waals surface area (Å²) >= 11 is 0. The molecule has 0 aromatic rings. The van der Waals surface area contributed by atoms with Crippen LogP contribution in [0.2, 0.25) is 0 Å². The Morgan fingerprint density at radius 2 is 1.32 bits per heavy atom. The molecule has 0 aliphatic carbocycles. The van der Waals surface area contributed by atoms with Crippen LogP contribution in [-0.2, 0) is 0 Å². The third-order valence-electron chi connectivity index (χ3n) is 4.45. The normalized spacial score (nSPS) is 15.2. The maximum absolute atomic E-state index is 2.64. The second-order valence-corrected chi connectivity index (χ2v) is 7.04. The Morgan fingerprint density at radius 1 is 0.842 bits per heavy atom. The molecule has 1 unspecified atom stereocenters. The van der Waals surface area contributed by atoms with Gasteiger partial charge in [0.1, 0.15) is 0 Å². The van der Waals surface area contributed by atoms with Gasteiger partial charge in [-0.1, -0.05) is 72.6 Å². The summed E-state index contributed by atoms with van der Waals surface area (Å²) in [5.74, 6) is 0.770. The van der Waals surface area contributed by atoms with Crippen LogP contribution in [0.25, 0.3) is 0 Å². The Morgan fingerprint density at radius 3 is 1.79 bits per heavy atom. The molecule has 1 heteroatoms. The van der Waals surface area contributed by atoms with E-state index in [9.17, 15) is 0 Å². The molecule has 0 saturated heterocycles. The van der Waals surface area contributed by atoms with E-state index < -0.39 is 0 Å². The SMILES string of the molecule is CCCCCCC(C)(CCCCC)N(C)CC(C)C. The van der Waals surface area contributed by atoms with Crippen LogP contribution in [0.1, 0.15) is 92.4 Å². The summed E-state index contributed by atoms with van der Waals surface area (Å²) in [7, 11) is 2.34. The van der Waals surface area contributed by atoms with Gasteiger partial charge in [-0.2, -0.15) is 0 Å². The van der Waals surface area contributed by atoms with Crippen LogP contribution in [0.15, 0.2) is 0 Å². The maximum Gasteiger partial charge on any atom is 0.0178 e. The number of nitrogens with zero attached hydrogens (tertiary/aromatic N) is 1. The fourth-order valence-electron chi connectivity index (χ4n) is 2.96. The zero-order valence-corrected chi connectivity index (χ0v) is 14.6. The second kappa shape index (κ2) is 10.7. The van der Waals surface area contributed by atoms with Crippen molar-refractivity contribution < 1.29 is 0 Å². The highest BCUT2D eigenvalue weighted by Gasteiger charge is 2.28. The van der Waals surface area contributed by atoms with E-state index in [-0.39, 0.29) is 0 Å². The lowest BCUT2D eigenvalue weighted by Crippen LogP contribution is -2.45. The molecule has 0 aromatic heterocycles. The third kappa shape index (κ3) is 8.68. The largest absolute Gasteiger partial charge is 0.301 e. The first-order valence-electron chi connectivity index (χ1n) is 8.67. The zero-order chi connectivity index (χ0) is 14.7. The molecule has 0 radical (unpaired) electrons. The van der Waals surface area contributed by atoms with Crippen LogP contribution in [0.4, 0.5) is 0 Å². The lowest BCUT2D eigenvalue weighted by atomic mass is 9.86. The number of hydrogen-bond donors (Lipinski definition) is 0. The molecule has 0 N–H and O–H groups in total. The van der Waals surface area contributed by atoms with Gasteiger partial charge in [-0.3, -0.25) is 0 Å². The quantitative estimate of drug-likeness (QED) is 0.400. The molecule has 1 atom stereocenters. The van der Waals surface area contributed by atoms with E-state index in [1.807, 2.05) is 0 Å². The number of hydrogen-bond acceptors (Lipinski definition) is 1. The highest BCUT2D eigenvalue weighted by atomic mass is 15.2. The van der Waals surface area contributed by atoms with Crippen molar-refractivity contribution in [2.75, 3.05) is 13.6 Å². The molecule has 0 saturated carbocycles. The molecule has 0 aliphatic heterocycles. The van der Waals surface area contributed by atoms with Crippen molar-refractivity contribution in [2.45, 2.75) is 97.9 Å². The molecule has 0 rings (SSSR count). The first kappa shape index (κ1) is 19.0. The van der Waals surface area contributed by atoms with E-state index in [1.54, 1.807) is 0 Å². The summed E-state index contributed by atoms with van der Waals surface area (Å²) in [5.41, 5.74) is 0.424. The highest BCUT2D eigenvalue weighted by molar-refractivity contribution is 4.85. The van der Waals surface area contributed by atoms with Crippen molar-refractivity contribution in [3.05, 3.63) is 0 Å². The molecular formula is C18H39N. The van der Waals surface area contributed by atoms with Gasteiger partial charge in [0.15, 0.2) is 0 Å². The molecule has 116 valence electrons.